The van der Waals surface area contributed by atoms with E-state index in [1.54, 1.807) is 12.4 Å². The molecule has 25 heavy (non-hydrogen) atoms. The van der Waals surface area contributed by atoms with Crippen molar-refractivity contribution in [3.63, 3.8) is 0 Å². The Balaban J connectivity index is 1.68. The highest BCUT2D eigenvalue weighted by Gasteiger charge is 2.36. The van der Waals surface area contributed by atoms with Crippen molar-refractivity contribution >= 4 is 33.5 Å². The van der Waals surface area contributed by atoms with Crippen LogP contribution in [0.15, 0.2) is 18.5 Å². The van der Waals surface area contributed by atoms with Crippen LogP contribution in [0.4, 0.5) is 0 Å². The molecule has 6 rings (SSSR count). The highest BCUT2D eigenvalue weighted by Crippen LogP contribution is 2.38. The SMILES string of the molecule is N#Cc1ncc2[nH]c3ncc(Cl)cc3c2c1O[C@@H]1CN2CCC1CC2. The molecule has 0 spiro atoms. The number of halogens is 1. The Bertz CT molecular complexity index is 1020. The zero-order chi connectivity index (χ0) is 17.0. The number of aromatic nitrogens is 3. The molecule has 3 aromatic heterocycles. The Morgan fingerprint density at radius 3 is 2.84 bits per heavy atom. The molecule has 3 aliphatic heterocycles. The first kappa shape index (κ1) is 14.9. The molecule has 3 aliphatic rings. The van der Waals surface area contributed by atoms with Gasteiger partial charge in [-0.2, -0.15) is 5.26 Å². The number of ether oxygens (including phenoxy) is 1. The minimum atomic E-state index is 0.0964. The summed E-state index contributed by atoms with van der Waals surface area (Å²) in [6.07, 6.45) is 5.66. The van der Waals surface area contributed by atoms with Gasteiger partial charge in [0.15, 0.2) is 11.4 Å². The van der Waals surface area contributed by atoms with Crippen molar-refractivity contribution in [1.29, 1.82) is 5.26 Å². The number of rotatable bonds is 2. The standard InChI is InChI=1S/C18H16ClN5O/c19-11-5-12-16-14(23-18(12)22-7-11)8-21-13(6-20)17(16)25-15-9-24-3-1-10(15)2-4-24/h5,7-8,10,15H,1-4,9H2,(H,22,23)/t15-/m1/s1. The molecule has 3 saturated heterocycles. The van der Waals surface area contributed by atoms with Crippen molar-refractivity contribution < 1.29 is 4.74 Å². The summed E-state index contributed by atoms with van der Waals surface area (Å²) >= 11 is 6.14. The lowest BCUT2D eigenvalue weighted by atomic mass is 9.86. The summed E-state index contributed by atoms with van der Waals surface area (Å²) in [6.45, 7) is 3.20. The van der Waals surface area contributed by atoms with Gasteiger partial charge >= 0.3 is 0 Å². The second-order valence-corrected chi connectivity index (χ2v) is 7.24. The Morgan fingerprint density at radius 2 is 2.12 bits per heavy atom. The van der Waals surface area contributed by atoms with Crippen LogP contribution in [-0.2, 0) is 0 Å². The van der Waals surface area contributed by atoms with Crippen molar-refractivity contribution in [1.82, 2.24) is 19.9 Å². The van der Waals surface area contributed by atoms with Gasteiger partial charge in [0.1, 0.15) is 17.8 Å². The summed E-state index contributed by atoms with van der Waals surface area (Å²) in [7, 11) is 0. The van der Waals surface area contributed by atoms with E-state index < -0.39 is 0 Å². The van der Waals surface area contributed by atoms with E-state index in [1.165, 1.54) is 0 Å². The Labute approximate surface area is 149 Å². The number of pyridine rings is 2. The zero-order valence-corrected chi connectivity index (χ0v) is 14.3. The molecule has 7 heteroatoms. The molecule has 0 saturated carbocycles. The molecule has 2 bridgehead atoms. The summed E-state index contributed by atoms with van der Waals surface area (Å²) in [5.74, 6) is 1.09. The third-order valence-electron chi connectivity index (χ3n) is 5.38. The molecule has 3 fully saturated rings. The third kappa shape index (κ3) is 2.35. The second kappa shape index (κ2) is 5.58. The molecule has 1 N–H and O–H groups in total. The number of aromatic amines is 1. The van der Waals surface area contributed by atoms with Crippen LogP contribution in [0.1, 0.15) is 18.5 Å². The maximum Gasteiger partial charge on any atom is 0.183 e. The molecule has 3 aromatic rings. The van der Waals surface area contributed by atoms with Gasteiger partial charge in [-0.3, -0.25) is 4.90 Å². The Morgan fingerprint density at radius 1 is 1.28 bits per heavy atom. The average Bonchev–Trinajstić information content (AvgIpc) is 3.01. The molecule has 0 unspecified atom stereocenters. The van der Waals surface area contributed by atoms with E-state index in [0.29, 0.717) is 22.4 Å². The monoisotopic (exact) mass is 353 g/mol. The highest BCUT2D eigenvalue weighted by molar-refractivity contribution is 6.31. The van der Waals surface area contributed by atoms with Gasteiger partial charge in [0.2, 0.25) is 0 Å². The lowest BCUT2D eigenvalue weighted by Gasteiger charge is -2.44. The first-order valence-corrected chi connectivity index (χ1v) is 8.86. The van der Waals surface area contributed by atoms with Gasteiger partial charge in [-0.25, -0.2) is 9.97 Å². The van der Waals surface area contributed by atoms with Crippen LogP contribution < -0.4 is 4.74 Å². The number of hydrogen-bond acceptors (Lipinski definition) is 5. The number of nitriles is 1. The fourth-order valence-electron chi connectivity index (χ4n) is 4.10. The van der Waals surface area contributed by atoms with Gasteiger partial charge in [-0.15, -0.1) is 0 Å². The van der Waals surface area contributed by atoms with Crippen LogP contribution >= 0.6 is 11.6 Å². The van der Waals surface area contributed by atoms with Gasteiger partial charge in [-0.05, 0) is 37.9 Å². The van der Waals surface area contributed by atoms with Crippen LogP contribution in [0.3, 0.4) is 0 Å². The first-order valence-electron chi connectivity index (χ1n) is 8.48. The smallest absolute Gasteiger partial charge is 0.183 e. The van der Waals surface area contributed by atoms with Crippen LogP contribution in [0.2, 0.25) is 5.02 Å². The van der Waals surface area contributed by atoms with E-state index in [9.17, 15) is 5.26 Å². The number of fused-ring (bicyclic) bond motifs is 6. The lowest BCUT2D eigenvalue weighted by Crippen LogP contribution is -2.52. The van der Waals surface area contributed by atoms with Gasteiger partial charge < -0.3 is 9.72 Å². The fraction of sp³-hybridized carbons (Fsp3) is 0.389. The average molecular weight is 354 g/mol. The normalized spacial score (nSPS) is 25.4. The summed E-state index contributed by atoms with van der Waals surface area (Å²) < 4.78 is 6.41. The zero-order valence-electron chi connectivity index (χ0n) is 13.5. The van der Waals surface area contributed by atoms with Crippen LogP contribution in [-0.4, -0.2) is 45.6 Å². The van der Waals surface area contributed by atoms with Gasteiger partial charge in [0, 0.05) is 18.1 Å². The molecular formula is C18H16ClN5O. The van der Waals surface area contributed by atoms with E-state index >= 15 is 0 Å². The largest absolute Gasteiger partial charge is 0.485 e. The van der Waals surface area contributed by atoms with Crippen LogP contribution in [0, 0.1) is 17.2 Å². The van der Waals surface area contributed by atoms with E-state index in [-0.39, 0.29) is 6.10 Å². The van der Waals surface area contributed by atoms with Gasteiger partial charge in [0.05, 0.1) is 22.1 Å². The second-order valence-electron chi connectivity index (χ2n) is 6.81. The maximum absolute atomic E-state index is 9.55. The van der Waals surface area contributed by atoms with E-state index in [0.717, 1.165) is 54.4 Å². The van der Waals surface area contributed by atoms with Crippen molar-refractivity contribution in [3.05, 3.63) is 29.2 Å². The molecule has 0 aromatic carbocycles. The first-order chi connectivity index (χ1) is 12.2. The summed E-state index contributed by atoms with van der Waals surface area (Å²) in [4.78, 5) is 14.3. The molecule has 6 heterocycles. The fourth-order valence-corrected chi connectivity index (χ4v) is 4.26. The molecule has 0 amide bonds. The topological polar surface area (TPSA) is 77.8 Å². The van der Waals surface area contributed by atoms with E-state index in [2.05, 4.69) is 25.9 Å². The number of nitrogens with zero attached hydrogens (tertiary/aromatic N) is 4. The van der Waals surface area contributed by atoms with Gasteiger partial charge in [0.25, 0.3) is 0 Å². The van der Waals surface area contributed by atoms with E-state index in [1.807, 2.05) is 6.07 Å². The molecule has 0 radical (unpaired) electrons. The Hall–Kier alpha value is -2.36. The number of H-pyrrole nitrogens is 1. The molecule has 6 nitrogen and oxygen atoms in total. The number of nitrogens with one attached hydrogen (secondary N) is 1. The summed E-state index contributed by atoms with van der Waals surface area (Å²) in [5, 5.41) is 11.8. The van der Waals surface area contributed by atoms with Crippen molar-refractivity contribution in [3.8, 4) is 11.8 Å². The molecule has 126 valence electrons. The number of piperidine rings is 3. The summed E-state index contributed by atoms with van der Waals surface area (Å²) in [6, 6.07) is 4.03. The Kier molecular flexibility index (Phi) is 3.34. The molecule has 1 atom stereocenters. The van der Waals surface area contributed by atoms with Crippen molar-refractivity contribution in [2.45, 2.75) is 18.9 Å². The third-order valence-corrected chi connectivity index (χ3v) is 5.59. The predicted octanol–water partition coefficient (Wildman–Crippen LogP) is 3.11. The summed E-state index contributed by atoms with van der Waals surface area (Å²) in [5.41, 5.74) is 1.83. The highest BCUT2D eigenvalue weighted by atomic mass is 35.5. The van der Waals surface area contributed by atoms with Crippen molar-refractivity contribution in [2.24, 2.45) is 5.92 Å². The van der Waals surface area contributed by atoms with Gasteiger partial charge in [-0.1, -0.05) is 11.6 Å². The van der Waals surface area contributed by atoms with Crippen molar-refractivity contribution in [2.75, 3.05) is 19.6 Å². The van der Waals surface area contributed by atoms with Crippen LogP contribution in [0.5, 0.6) is 5.75 Å². The van der Waals surface area contributed by atoms with E-state index in [4.69, 9.17) is 16.3 Å². The number of hydrogen-bond donors (Lipinski definition) is 1. The predicted molar refractivity (Wildman–Crippen MR) is 94.7 cm³/mol. The van der Waals surface area contributed by atoms with Crippen LogP contribution in [0.25, 0.3) is 21.9 Å². The molecular weight excluding hydrogens is 338 g/mol. The quantitative estimate of drug-likeness (QED) is 0.765. The minimum absolute atomic E-state index is 0.0964. The minimum Gasteiger partial charge on any atom is -0.485 e. The lowest BCUT2D eigenvalue weighted by molar-refractivity contribution is -0.00727. The molecule has 0 aliphatic carbocycles. The maximum atomic E-state index is 9.55.